The molecule has 8 heteroatoms. The van der Waals surface area contributed by atoms with Gasteiger partial charge in [0.05, 0.1) is 16.3 Å². The fourth-order valence-corrected chi connectivity index (χ4v) is 2.43. The number of hydrogen-bond acceptors (Lipinski definition) is 4. The predicted molar refractivity (Wildman–Crippen MR) is 93.1 cm³/mol. The van der Waals surface area contributed by atoms with Gasteiger partial charge in [0.2, 0.25) is 0 Å². The third kappa shape index (κ3) is 3.84. The molecule has 0 spiro atoms. The van der Waals surface area contributed by atoms with Gasteiger partial charge >= 0.3 is 5.69 Å². The highest BCUT2D eigenvalue weighted by atomic mass is 35.5. The summed E-state index contributed by atoms with van der Waals surface area (Å²) >= 11 is 6.10. The predicted octanol–water partition coefficient (Wildman–Crippen LogP) is 1.50. The monoisotopic (exact) mass is 356 g/mol. The van der Waals surface area contributed by atoms with Gasteiger partial charge in [-0.15, -0.1) is 0 Å². The van der Waals surface area contributed by atoms with Crippen LogP contribution in [0.15, 0.2) is 64.3 Å². The molecule has 25 heavy (non-hydrogen) atoms. The molecule has 2 N–H and O–H groups in total. The van der Waals surface area contributed by atoms with E-state index < -0.39 is 11.2 Å². The lowest BCUT2D eigenvalue weighted by Crippen LogP contribution is -2.30. The summed E-state index contributed by atoms with van der Waals surface area (Å²) in [6.45, 7) is 0.344. The van der Waals surface area contributed by atoms with Crippen LogP contribution in [-0.2, 0) is 6.54 Å². The minimum Gasteiger partial charge on any atom is -0.348 e. The molecule has 3 rings (SSSR count). The highest BCUT2D eigenvalue weighted by Gasteiger charge is 2.13. The van der Waals surface area contributed by atoms with Crippen molar-refractivity contribution in [2.24, 2.45) is 0 Å². The summed E-state index contributed by atoms with van der Waals surface area (Å²) in [4.78, 5) is 37.4. The Labute approximate surface area is 146 Å². The Bertz CT molecular complexity index is 1030. The van der Waals surface area contributed by atoms with Crippen molar-refractivity contribution in [1.82, 2.24) is 20.1 Å². The first-order valence-corrected chi connectivity index (χ1v) is 7.73. The second kappa shape index (κ2) is 7.14. The maximum atomic E-state index is 12.4. The van der Waals surface area contributed by atoms with Gasteiger partial charge in [0, 0.05) is 6.54 Å². The summed E-state index contributed by atoms with van der Waals surface area (Å²) in [5.41, 5.74) is 0.161. The molecule has 1 heterocycles. The van der Waals surface area contributed by atoms with E-state index in [1.54, 1.807) is 0 Å². The van der Waals surface area contributed by atoms with Crippen LogP contribution in [0, 0.1) is 0 Å². The van der Waals surface area contributed by atoms with E-state index in [-0.39, 0.29) is 16.5 Å². The zero-order chi connectivity index (χ0) is 17.8. The van der Waals surface area contributed by atoms with Crippen molar-refractivity contribution >= 4 is 17.5 Å². The number of aromatic amines is 1. The number of halogens is 1. The Morgan fingerprint density at radius 2 is 1.92 bits per heavy atom. The van der Waals surface area contributed by atoms with Crippen molar-refractivity contribution in [2.45, 2.75) is 6.54 Å². The fraction of sp³-hybridized carbons (Fsp3) is 0.0588. The summed E-state index contributed by atoms with van der Waals surface area (Å²) in [5, 5.41) is 6.77. The quantitative estimate of drug-likeness (QED) is 0.740. The van der Waals surface area contributed by atoms with Crippen LogP contribution < -0.4 is 16.6 Å². The molecule has 0 bridgehead atoms. The molecule has 0 aliphatic heterocycles. The molecule has 1 amide bonds. The zero-order valence-electron chi connectivity index (χ0n) is 12.9. The number of rotatable bonds is 4. The average molecular weight is 357 g/mol. The first kappa shape index (κ1) is 16.7. The minimum atomic E-state index is -0.703. The number of H-pyrrole nitrogens is 1. The van der Waals surface area contributed by atoms with Gasteiger partial charge in [-0.2, -0.15) is 9.78 Å². The molecule has 0 aliphatic rings. The lowest BCUT2D eigenvalue weighted by molar-refractivity contribution is 0.0951. The maximum absolute atomic E-state index is 12.4. The number of aromatic nitrogens is 3. The second-order valence-corrected chi connectivity index (χ2v) is 5.59. The molecular weight excluding hydrogens is 344 g/mol. The van der Waals surface area contributed by atoms with Gasteiger partial charge in [-0.05, 0) is 23.8 Å². The van der Waals surface area contributed by atoms with Crippen molar-refractivity contribution in [3.05, 3.63) is 91.7 Å². The van der Waals surface area contributed by atoms with E-state index in [2.05, 4.69) is 15.4 Å². The van der Waals surface area contributed by atoms with Gasteiger partial charge in [-0.25, -0.2) is 4.79 Å². The van der Waals surface area contributed by atoms with Gasteiger partial charge in [0.1, 0.15) is 6.20 Å². The number of amides is 1. The van der Waals surface area contributed by atoms with Gasteiger partial charge in [0.25, 0.3) is 11.5 Å². The molecule has 2 aromatic carbocycles. The van der Waals surface area contributed by atoms with Crippen LogP contribution in [0.2, 0.25) is 5.02 Å². The minimum absolute atomic E-state index is 0.204. The molecule has 1 aromatic heterocycles. The number of carbonyl (C=O) groups is 1. The van der Waals surface area contributed by atoms with Crippen molar-refractivity contribution in [3.63, 3.8) is 0 Å². The fourth-order valence-electron chi connectivity index (χ4n) is 2.23. The Kier molecular flexibility index (Phi) is 4.76. The van der Waals surface area contributed by atoms with Gasteiger partial charge in [-0.3, -0.25) is 14.6 Å². The Hall–Kier alpha value is -3.19. The van der Waals surface area contributed by atoms with Crippen LogP contribution in [0.5, 0.6) is 0 Å². The number of carbonyl (C=O) groups excluding carboxylic acids is 1. The second-order valence-electron chi connectivity index (χ2n) is 5.18. The van der Waals surface area contributed by atoms with Crippen LogP contribution in [0.1, 0.15) is 15.9 Å². The molecule has 0 saturated heterocycles. The van der Waals surface area contributed by atoms with Crippen molar-refractivity contribution in [3.8, 4) is 5.69 Å². The lowest BCUT2D eigenvalue weighted by Gasteiger charge is -2.09. The molecule has 0 unspecified atom stereocenters. The van der Waals surface area contributed by atoms with E-state index in [0.29, 0.717) is 12.2 Å². The van der Waals surface area contributed by atoms with E-state index >= 15 is 0 Å². The van der Waals surface area contributed by atoms with Crippen LogP contribution in [0.4, 0.5) is 0 Å². The van der Waals surface area contributed by atoms with Crippen LogP contribution >= 0.6 is 11.6 Å². The van der Waals surface area contributed by atoms with E-state index in [1.807, 2.05) is 30.3 Å². The standard InChI is InChI=1S/C17H13ClN4O3/c18-14-7-6-12(22-17(25)21-15(23)10-20-22)8-13(14)16(24)19-9-11-4-2-1-3-5-11/h1-8,10H,9H2,(H,19,24)(H,21,23,25). The third-order valence-corrected chi connectivity index (χ3v) is 3.78. The SMILES string of the molecule is O=C(NCc1ccccc1)c1cc(-n2ncc(=O)[nH]c2=O)ccc1Cl. The van der Waals surface area contributed by atoms with Gasteiger partial charge in [-0.1, -0.05) is 41.9 Å². The molecule has 0 radical (unpaired) electrons. The highest BCUT2D eigenvalue weighted by Crippen LogP contribution is 2.19. The maximum Gasteiger partial charge on any atom is 0.349 e. The number of hydrogen-bond donors (Lipinski definition) is 2. The Morgan fingerprint density at radius 3 is 2.64 bits per heavy atom. The van der Waals surface area contributed by atoms with Crippen LogP contribution in [-0.4, -0.2) is 20.7 Å². The van der Waals surface area contributed by atoms with Crippen molar-refractivity contribution in [2.75, 3.05) is 0 Å². The van der Waals surface area contributed by atoms with Gasteiger partial charge in [0.15, 0.2) is 0 Å². The summed E-state index contributed by atoms with van der Waals surface area (Å²) in [7, 11) is 0. The average Bonchev–Trinajstić information content (AvgIpc) is 2.61. The molecule has 7 nitrogen and oxygen atoms in total. The molecule has 126 valence electrons. The molecule has 0 fully saturated rings. The van der Waals surface area contributed by atoms with Crippen molar-refractivity contribution < 1.29 is 4.79 Å². The van der Waals surface area contributed by atoms with Crippen LogP contribution in [0.25, 0.3) is 5.69 Å². The molecule has 0 atom stereocenters. The van der Waals surface area contributed by atoms with Crippen molar-refractivity contribution in [1.29, 1.82) is 0 Å². The summed E-state index contributed by atoms with van der Waals surface area (Å²) < 4.78 is 0.978. The molecular formula is C17H13ClN4O3. The van der Waals surface area contributed by atoms with E-state index in [4.69, 9.17) is 11.6 Å². The van der Waals surface area contributed by atoms with E-state index in [1.165, 1.54) is 18.2 Å². The number of nitrogens with zero attached hydrogens (tertiary/aromatic N) is 2. The number of nitrogens with one attached hydrogen (secondary N) is 2. The number of benzene rings is 2. The Morgan fingerprint density at radius 1 is 1.16 bits per heavy atom. The zero-order valence-corrected chi connectivity index (χ0v) is 13.7. The first-order chi connectivity index (χ1) is 12.0. The summed E-state index contributed by atoms with van der Waals surface area (Å²) in [5.74, 6) is -0.381. The third-order valence-electron chi connectivity index (χ3n) is 3.45. The normalized spacial score (nSPS) is 10.4. The smallest absolute Gasteiger partial charge is 0.348 e. The summed E-state index contributed by atoms with van der Waals surface area (Å²) in [6, 6.07) is 13.9. The first-order valence-electron chi connectivity index (χ1n) is 7.35. The molecule has 0 aliphatic carbocycles. The topological polar surface area (TPSA) is 96.8 Å². The van der Waals surface area contributed by atoms with Crippen LogP contribution in [0.3, 0.4) is 0 Å². The Balaban J connectivity index is 1.87. The molecule has 0 saturated carbocycles. The van der Waals surface area contributed by atoms with E-state index in [0.717, 1.165) is 16.4 Å². The van der Waals surface area contributed by atoms with E-state index in [9.17, 15) is 14.4 Å². The van der Waals surface area contributed by atoms with Gasteiger partial charge < -0.3 is 5.32 Å². The molecule has 3 aromatic rings. The lowest BCUT2D eigenvalue weighted by atomic mass is 10.1. The highest BCUT2D eigenvalue weighted by molar-refractivity contribution is 6.33. The summed E-state index contributed by atoms with van der Waals surface area (Å²) in [6.07, 6.45) is 0.977. The largest absolute Gasteiger partial charge is 0.349 e.